The Hall–Kier alpha value is -0.690. The van der Waals surface area contributed by atoms with Crippen molar-refractivity contribution < 1.29 is 13.5 Å². The topological polar surface area (TPSA) is 79.3 Å². The highest BCUT2D eigenvalue weighted by Crippen LogP contribution is 2.09. The lowest BCUT2D eigenvalue weighted by molar-refractivity contribution is 0.165. The van der Waals surface area contributed by atoms with Gasteiger partial charge >= 0.3 is 0 Å². The first kappa shape index (κ1) is 14.4. The molecule has 0 saturated heterocycles. The number of nitrogens with one attached hydrogen (secondary N) is 1. The minimum absolute atomic E-state index is 0.0200. The number of halogens is 1. The van der Waals surface area contributed by atoms with E-state index >= 15 is 0 Å². The molecule has 0 aliphatic rings. The van der Waals surface area contributed by atoms with Crippen molar-refractivity contribution in [3.63, 3.8) is 0 Å². The average Bonchev–Trinajstić information content (AvgIpc) is 2.36. The second-order valence-corrected chi connectivity index (χ2v) is 5.86. The van der Waals surface area contributed by atoms with Gasteiger partial charge in [-0.05, 0) is 18.6 Å². The van der Waals surface area contributed by atoms with Crippen LogP contribution in [-0.4, -0.2) is 36.5 Å². The van der Waals surface area contributed by atoms with Gasteiger partial charge in [0, 0.05) is 18.9 Å². The summed E-state index contributed by atoms with van der Waals surface area (Å²) >= 11 is 5.83. The zero-order valence-electron chi connectivity index (χ0n) is 9.38. The summed E-state index contributed by atoms with van der Waals surface area (Å²) in [6, 6.07) is 2.97. The second kappa shape index (κ2) is 6.30. The predicted octanol–water partition coefficient (Wildman–Crippen LogP) is 0.738. The standard InChI is InChI=1S/C10H15ClN2O3S/c1-2-10(14)9(11)7-13-17(15,16)8-4-3-5-12-6-8/h3-6,9-10,13-14H,2,7H2,1H3/t9?,10-/m1/s1. The number of rotatable bonds is 6. The lowest BCUT2D eigenvalue weighted by Crippen LogP contribution is -2.35. The Morgan fingerprint density at radius 3 is 2.82 bits per heavy atom. The van der Waals surface area contributed by atoms with Crippen LogP contribution in [0.2, 0.25) is 0 Å². The van der Waals surface area contributed by atoms with Crippen LogP contribution in [-0.2, 0) is 10.0 Å². The van der Waals surface area contributed by atoms with Crippen LogP contribution in [0, 0.1) is 0 Å². The lowest BCUT2D eigenvalue weighted by Gasteiger charge is -2.15. The van der Waals surface area contributed by atoms with Gasteiger partial charge in [-0.3, -0.25) is 4.98 Å². The van der Waals surface area contributed by atoms with Crippen molar-refractivity contribution in [3.8, 4) is 0 Å². The summed E-state index contributed by atoms with van der Waals surface area (Å²) < 4.78 is 25.8. The Labute approximate surface area is 106 Å². The van der Waals surface area contributed by atoms with Crippen molar-refractivity contribution >= 4 is 21.6 Å². The van der Waals surface area contributed by atoms with E-state index in [-0.39, 0.29) is 11.4 Å². The van der Waals surface area contributed by atoms with E-state index in [4.69, 9.17) is 11.6 Å². The van der Waals surface area contributed by atoms with Crippen LogP contribution in [0.1, 0.15) is 13.3 Å². The van der Waals surface area contributed by atoms with E-state index in [2.05, 4.69) is 9.71 Å². The molecule has 1 unspecified atom stereocenters. The lowest BCUT2D eigenvalue weighted by atomic mass is 10.2. The summed E-state index contributed by atoms with van der Waals surface area (Å²) in [4.78, 5) is 3.81. The van der Waals surface area contributed by atoms with Crippen LogP contribution in [0.25, 0.3) is 0 Å². The van der Waals surface area contributed by atoms with Gasteiger partial charge in [0.05, 0.1) is 11.5 Å². The molecule has 0 aliphatic carbocycles. The molecule has 1 aromatic heterocycles. The zero-order valence-corrected chi connectivity index (χ0v) is 10.9. The Balaban J connectivity index is 2.63. The van der Waals surface area contributed by atoms with Crippen molar-refractivity contribution in [2.75, 3.05) is 6.54 Å². The third kappa shape index (κ3) is 4.23. The molecule has 0 fully saturated rings. The number of hydrogen-bond acceptors (Lipinski definition) is 4. The first-order valence-corrected chi connectivity index (χ1v) is 7.11. The zero-order chi connectivity index (χ0) is 12.9. The number of hydrogen-bond donors (Lipinski definition) is 2. The highest BCUT2D eigenvalue weighted by atomic mass is 35.5. The molecule has 0 saturated carbocycles. The van der Waals surface area contributed by atoms with Gasteiger partial charge in [-0.1, -0.05) is 6.92 Å². The first-order valence-electron chi connectivity index (χ1n) is 5.19. The van der Waals surface area contributed by atoms with E-state index in [1.807, 2.05) is 0 Å². The van der Waals surface area contributed by atoms with Crippen LogP contribution in [0.5, 0.6) is 0 Å². The second-order valence-electron chi connectivity index (χ2n) is 3.53. The molecule has 0 bridgehead atoms. The number of pyridine rings is 1. The third-order valence-corrected chi connectivity index (χ3v) is 4.10. The van der Waals surface area contributed by atoms with Gasteiger partial charge in [-0.2, -0.15) is 0 Å². The van der Waals surface area contributed by atoms with Crippen LogP contribution < -0.4 is 4.72 Å². The number of aliphatic hydroxyl groups is 1. The molecule has 2 atom stereocenters. The van der Waals surface area contributed by atoms with Gasteiger partial charge in [0.25, 0.3) is 0 Å². The van der Waals surface area contributed by atoms with E-state index < -0.39 is 21.5 Å². The minimum Gasteiger partial charge on any atom is -0.392 e. The molecule has 1 aromatic rings. The molecule has 0 amide bonds. The number of nitrogens with zero attached hydrogens (tertiary/aromatic N) is 1. The highest BCUT2D eigenvalue weighted by Gasteiger charge is 2.19. The fourth-order valence-corrected chi connectivity index (χ4v) is 2.54. The maximum Gasteiger partial charge on any atom is 0.242 e. The summed E-state index contributed by atoms with van der Waals surface area (Å²) in [6.07, 6.45) is 2.49. The summed E-state index contributed by atoms with van der Waals surface area (Å²) in [5.41, 5.74) is 0. The maximum atomic E-state index is 11.8. The SMILES string of the molecule is CC[C@@H](O)C(Cl)CNS(=O)(=O)c1cccnc1. The molecular formula is C10H15ClN2O3S. The molecule has 2 N–H and O–H groups in total. The third-order valence-electron chi connectivity index (χ3n) is 2.25. The van der Waals surface area contributed by atoms with Gasteiger partial charge in [0.2, 0.25) is 10.0 Å². The molecule has 5 nitrogen and oxygen atoms in total. The minimum atomic E-state index is -3.61. The summed E-state index contributed by atoms with van der Waals surface area (Å²) in [7, 11) is -3.61. The van der Waals surface area contributed by atoms with Gasteiger partial charge < -0.3 is 5.11 Å². The molecule has 7 heteroatoms. The van der Waals surface area contributed by atoms with E-state index in [1.165, 1.54) is 24.5 Å². The van der Waals surface area contributed by atoms with Gasteiger partial charge in [-0.15, -0.1) is 11.6 Å². The van der Waals surface area contributed by atoms with Gasteiger partial charge in [-0.25, -0.2) is 13.1 Å². The van der Waals surface area contributed by atoms with Crippen LogP contribution in [0.4, 0.5) is 0 Å². The fourth-order valence-electron chi connectivity index (χ4n) is 1.17. The largest absolute Gasteiger partial charge is 0.392 e. The normalized spacial score (nSPS) is 15.5. The highest BCUT2D eigenvalue weighted by molar-refractivity contribution is 7.89. The monoisotopic (exact) mass is 278 g/mol. The number of aliphatic hydroxyl groups excluding tert-OH is 1. The van der Waals surface area contributed by atoms with Crippen molar-refractivity contribution in [3.05, 3.63) is 24.5 Å². The molecule has 17 heavy (non-hydrogen) atoms. The predicted molar refractivity (Wildman–Crippen MR) is 65.4 cm³/mol. The summed E-state index contributed by atoms with van der Waals surface area (Å²) in [5.74, 6) is 0. The van der Waals surface area contributed by atoms with Gasteiger partial charge in [0.15, 0.2) is 0 Å². The van der Waals surface area contributed by atoms with Crippen molar-refractivity contribution in [2.24, 2.45) is 0 Å². The first-order chi connectivity index (χ1) is 7.97. The van der Waals surface area contributed by atoms with Crippen molar-refractivity contribution in [1.82, 2.24) is 9.71 Å². The van der Waals surface area contributed by atoms with E-state index in [0.717, 1.165) is 0 Å². The molecule has 96 valence electrons. The number of aromatic nitrogens is 1. The fraction of sp³-hybridized carbons (Fsp3) is 0.500. The smallest absolute Gasteiger partial charge is 0.242 e. The van der Waals surface area contributed by atoms with E-state index in [1.54, 1.807) is 6.92 Å². The quantitative estimate of drug-likeness (QED) is 0.752. The summed E-state index contributed by atoms with van der Waals surface area (Å²) in [6.45, 7) is 1.75. The van der Waals surface area contributed by atoms with Crippen LogP contribution in [0.3, 0.4) is 0 Å². The molecule has 1 heterocycles. The number of sulfonamides is 1. The molecule has 0 aliphatic heterocycles. The molecule has 0 spiro atoms. The van der Waals surface area contributed by atoms with Crippen LogP contribution in [0.15, 0.2) is 29.4 Å². The van der Waals surface area contributed by atoms with Crippen molar-refractivity contribution in [2.45, 2.75) is 29.7 Å². The Morgan fingerprint density at radius 1 is 1.59 bits per heavy atom. The Bertz CT molecular complexity index is 438. The number of alkyl halides is 1. The molecule has 1 rings (SSSR count). The molecular weight excluding hydrogens is 264 g/mol. The summed E-state index contributed by atoms with van der Waals surface area (Å²) in [5, 5.41) is 8.77. The van der Waals surface area contributed by atoms with Crippen molar-refractivity contribution in [1.29, 1.82) is 0 Å². The van der Waals surface area contributed by atoms with E-state index in [0.29, 0.717) is 6.42 Å². The average molecular weight is 279 g/mol. The van der Waals surface area contributed by atoms with E-state index in [9.17, 15) is 13.5 Å². The van der Waals surface area contributed by atoms with Gasteiger partial charge in [0.1, 0.15) is 4.90 Å². The Kier molecular flexibility index (Phi) is 5.32. The maximum absolute atomic E-state index is 11.8. The van der Waals surface area contributed by atoms with Crippen LogP contribution >= 0.6 is 11.6 Å². The molecule has 0 aromatic carbocycles. The Morgan fingerprint density at radius 2 is 2.29 bits per heavy atom. The molecule has 0 radical (unpaired) electrons.